The zero-order valence-corrected chi connectivity index (χ0v) is 30.7. The number of anilines is 1. The van der Waals surface area contributed by atoms with E-state index >= 15 is 0 Å². The average Bonchev–Trinajstić information content (AvgIpc) is 3.55. The van der Waals surface area contributed by atoms with Crippen molar-refractivity contribution in [3.63, 3.8) is 0 Å². The van der Waals surface area contributed by atoms with Gasteiger partial charge in [0.1, 0.15) is 24.7 Å². The molecule has 1 amide bonds. The molecule has 0 aliphatic carbocycles. The van der Waals surface area contributed by atoms with Crippen molar-refractivity contribution in [3.05, 3.63) is 112 Å². The van der Waals surface area contributed by atoms with Crippen molar-refractivity contribution in [2.75, 3.05) is 50.7 Å². The van der Waals surface area contributed by atoms with Crippen molar-refractivity contribution in [2.45, 2.75) is 65.4 Å². The number of rotatable bonds is 16. The molecule has 4 aromatic rings. The van der Waals surface area contributed by atoms with Crippen LogP contribution >= 0.6 is 11.6 Å². The van der Waals surface area contributed by atoms with Gasteiger partial charge in [0.25, 0.3) is 0 Å². The number of piperidine rings is 1. The number of halogens is 1. The first-order valence-corrected chi connectivity index (χ1v) is 18.7. The van der Waals surface area contributed by atoms with Crippen molar-refractivity contribution in [3.8, 4) is 22.6 Å². The Balaban J connectivity index is 1.13. The van der Waals surface area contributed by atoms with Crippen molar-refractivity contribution in [1.82, 2.24) is 15.5 Å². The molecule has 0 aromatic heterocycles. The Morgan fingerprint density at radius 2 is 1.63 bits per heavy atom. The van der Waals surface area contributed by atoms with E-state index in [1.54, 1.807) is 0 Å². The Morgan fingerprint density at radius 3 is 2.43 bits per heavy atom. The van der Waals surface area contributed by atoms with Gasteiger partial charge in [-0.2, -0.15) is 0 Å². The summed E-state index contributed by atoms with van der Waals surface area (Å²) in [5, 5.41) is 16.5. The second-order valence-electron chi connectivity index (χ2n) is 13.7. The van der Waals surface area contributed by atoms with Gasteiger partial charge in [0.2, 0.25) is 5.91 Å². The van der Waals surface area contributed by atoms with Gasteiger partial charge in [0, 0.05) is 70.1 Å². The zero-order chi connectivity index (χ0) is 35.6. The van der Waals surface area contributed by atoms with Crippen LogP contribution in [-0.2, 0) is 31.0 Å². The van der Waals surface area contributed by atoms with Crippen molar-refractivity contribution in [1.29, 1.82) is 0 Å². The normalized spacial score (nSPS) is 14.8. The number of aliphatic hydroxyl groups is 1. The molecule has 1 fully saturated rings. The van der Waals surface area contributed by atoms with Gasteiger partial charge in [0.05, 0.1) is 11.1 Å². The summed E-state index contributed by atoms with van der Waals surface area (Å²) >= 11 is 6.81. The molecule has 0 bridgehead atoms. The van der Waals surface area contributed by atoms with E-state index in [2.05, 4.69) is 63.8 Å². The Hall–Kier alpha value is -4.08. The second-order valence-corrected chi connectivity index (χ2v) is 14.1. The van der Waals surface area contributed by atoms with Gasteiger partial charge in [-0.05, 0) is 84.7 Å². The molecule has 3 N–H and O–H groups in total. The summed E-state index contributed by atoms with van der Waals surface area (Å²) in [7, 11) is 0. The molecule has 0 atom stereocenters. The number of nitrogens with zero attached hydrogens (tertiary/aromatic N) is 2. The SMILES string of the molecule is CC(=O)NCCNCc1cc(Cl)c(OCc2cccc(-c3cccc4c3CCN4CCCN3CCC(O)CC3)c2C)cc1OCc1ccccc1. The Morgan fingerprint density at radius 1 is 0.863 bits per heavy atom. The third-order valence-corrected chi connectivity index (χ3v) is 10.3. The van der Waals surface area contributed by atoms with Crippen LogP contribution in [0.3, 0.4) is 0 Å². The number of carbonyl (C=O) groups is 1. The third kappa shape index (κ3) is 9.83. The van der Waals surface area contributed by atoms with Crippen LogP contribution in [0.25, 0.3) is 11.1 Å². The number of aliphatic hydroxyl groups excluding tert-OH is 1. The van der Waals surface area contributed by atoms with Gasteiger partial charge in [-0.15, -0.1) is 0 Å². The van der Waals surface area contributed by atoms with Gasteiger partial charge in [0.15, 0.2) is 0 Å². The van der Waals surface area contributed by atoms with Crippen LogP contribution in [0, 0.1) is 6.92 Å². The van der Waals surface area contributed by atoms with Crippen molar-refractivity contribution < 1.29 is 19.4 Å². The zero-order valence-electron chi connectivity index (χ0n) is 29.9. The number of ether oxygens (including phenoxy) is 2. The largest absolute Gasteiger partial charge is 0.488 e. The minimum atomic E-state index is -0.122. The number of nitrogens with one attached hydrogen (secondary N) is 2. The number of amides is 1. The van der Waals surface area contributed by atoms with Crippen LogP contribution in [0.4, 0.5) is 5.69 Å². The van der Waals surface area contributed by atoms with Crippen LogP contribution in [0.5, 0.6) is 11.5 Å². The van der Waals surface area contributed by atoms with Crippen LogP contribution in [-0.4, -0.2) is 67.8 Å². The lowest BCUT2D eigenvalue weighted by atomic mass is 9.92. The molecule has 0 radical (unpaired) electrons. The Bertz CT molecular complexity index is 1760. The maximum Gasteiger partial charge on any atom is 0.216 e. The highest BCUT2D eigenvalue weighted by atomic mass is 35.5. The van der Waals surface area contributed by atoms with E-state index in [0.29, 0.717) is 49.4 Å². The number of likely N-dealkylation sites (tertiary alicyclic amines) is 1. The quantitative estimate of drug-likeness (QED) is 0.109. The molecule has 0 saturated carbocycles. The first-order valence-electron chi connectivity index (χ1n) is 18.3. The van der Waals surface area contributed by atoms with Crippen LogP contribution in [0.2, 0.25) is 5.02 Å². The molecule has 0 unspecified atom stereocenters. The first kappa shape index (κ1) is 36.7. The number of carbonyl (C=O) groups excluding carboxylic acids is 1. The van der Waals surface area contributed by atoms with E-state index in [9.17, 15) is 9.90 Å². The molecule has 8 nitrogen and oxygen atoms in total. The predicted molar refractivity (Wildman–Crippen MR) is 206 cm³/mol. The summed E-state index contributed by atoms with van der Waals surface area (Å²) in [6.07, 6.45) is 3.83. The van der Waals surface area contributed by atoms with E-state index < -0.39 is 0 Å². The van der Waals surface area contributed by atoms with Crippen LogP contribution in [0.1, 0.15) is 54.0 Å². The second kappa shape index (κ2) is 17.9. The Labute approximate surface area is 307 Å². The third-order valence-electron chi connectivity index (χ3n) is 10.0. The fourth-order valence-corrected chi connectivity index (χ4v) is 7.39. The lowest BCUT2D eigenvalue weighted by molar-refractivity contribution is -0.118. The summed E-state index contributed by atoms with van der Waals surface area (Å²) in [6.45, 7) is 11.4. The van der Waals surface area contributed by atoms with E-state index in [4.69, 9.17) is 21.1 Å². The molecular weight excluding hydrogens is 660 g/mol. The molecule has 0 spiro atoms. The lowest BCUT2D eigenvalue weighted by Gasteiger charge is -2.30. The number of hydrogen-bond acceptors (Lipinski definition) is 7. The van der Waals surface area contributed by atoms with Gasteiger partial charge < -0.3 is 35.0 Å². The standard InChI is InChI=1S/C42H51ClN4O4/c1-30-33(11-6-12-36(30)37-13-7-14-40-38(37)17-24-47(40)21-8-20-46-22-15-35(49)16-23-46)29-51-42-26-41(50-28-32-9-4-3-5-10-32)34(25-39(42)43)27-44-18-19-45-31(2)48/h3-7,9-14,25-26,35,44,49H,8,15-24,27-29H2,1-2H3,(H,45,48). The first-order chi connectivity index (χ1) is 24.9. The van der Waals surface area contributed by atoms with Crippen molar-refractivity contribution in [2.24, 2.45) is 0 Å². The van der Waals surface area contributed by atoms with E-state index in [1.807, 2.05) is 42.5 Å². The van der Waals surface area contributed by atoms with E-state index in [1.165, 1.54) is 34.9 Å². The molecule has 270 valence electrons. The smallest absolute Gasteiger partial charge is 0.216 e. The number of fused-ring (bicyclic) bond motifs is 1. The predicted octanol–water partition coefficient (Wildman–Crippen LogP) is 6.91. The molecular formula is C42H51ClN4O4. The molecule has 1 saturated heterocycles. The molecule has 51 heavy (non-hydrogen) atoms. The van der Waals surface area contributed by atoms with E-state index in [-0.39, 0.29) is 12.0 Å². The Kier molecular flexibility index (Phi) is 12.9. The van der Waals surface area contributed by atoms with Gasteiger partial charge in [-0.25, -0.2) is 0 Å². The molecule has 6 rings (SSSR count). The summed E-state index contributed by atoms with van der Waals surface area (Å²) in [4.78, 5) is 16.3. The van der Waals surface area contributed by atoms with Gasteiger partial charge >= 0.3 is 0 Å². The minimum Gasteiger partial charge on any atom is -0.488 e. The molecule has 2 heterocycles. The molecule has 2 aliphatic rings. The summed E-state index contributed by atoms with van der Waals surface area (Å²) < 4.78 is 12.7. The molecule has 4 aromatic carbocycles. The van der Waals surface area contributed by atoms with Gasteiger partial charge in [-0.3, -0.25) is 4.79 Å². The van der Waals surface area contributed by atoms with Gasteiger partial charge in [-0.1, -0.05) is 72.3 Å². The number of benzene rings is 4. The monoisotopic (exact) mass is 710 g/mol. The maximum atomic E-state index is 11.2. The maximum absolute atomic E-state index is 11.2. The fraction of sp³-hybridized carbons (Fsp3) is 0.405. The summed E-state index contributed by atoms with van der Waals surface area (Å²) in [5.74, 6) is 1.23. The average molecular weight is 711 g/mol. The molecule has 9 heteroatoms. The van der Waals surface area contributed by atoms with E-state index in [0.717, 1.165) is 75.1 Å². The fourth-order valence-electron chi connectivity index (χ4n) is 7.15. The topological polar surface area (TPSA) is 86.3 Å². The highest BCUT2D eigenvalue weighted by molar-refractivity contribution is 6.32. The van der Waals surface area contributed by atoms with Crippen LogP contribution in [0.15, 0.2) is 78.9 Å². The number of hydrogen-bond donors (Lipinski definition) is 3. The summed E-state index contributed by atoms with van der Waals surface area (Å²) in [5.41, 5.74) is 9.60. The van der Waals surface area contributed by atoms with Crippen molar-refractivity contribution >= 4 is 23.2 Å². The lowest BCUT2D eigenvalue weighted by Crippen LogP contribution is -2.37. The highest BCUT2D eigenvalue weighted by Gasteiger charge is 2.24. The molecule has 2 aliphatic heterocycles. The van der Waals surface area contributed by atoms with Crippen LogP contribution < -0.4 is 25.0 Å². The minimum absolute atomic E-state index is 0.0500. The highest BCUT2D eigenvalue weighted by Crippen LogP contribution is 2.39. The summed E-state index contributed by atoms with van der Waals surface area (Å²) in [6, 6.07) is 27.0.